The maximum atomic E-state index is 12.0. The molecule has 1 aromatic carbocycles. The first-order valence-corrected chi connectivity index (χ1v) is 6.21. The molecule has 96 valence electrons. The molecule has 18 heavy (non-hydrogen) atoms. The summed E-state index contributed by atoms with van der Waals surface area (Å²) in [5, 5.41) is 11.5. The number of rotatable bonds is 4. The van der Waals surface area contributed by atoms with Gasteiger partial charge in [0, 0.05) is 5.92 Å². The van der Waals surface area contributed by atoms with Crippen LogP contribution in [0.2, 0.25) is 0 Å². The molecule has 4 heteroatoms. The molecule has 2 rings (SSSR count). The zero-order valence-corrected chi connectivity index (χ0v) is 10.3. The van der Waals surface area contributed by atoms with E-state index >= 15 is 0 Å². The van der Waals surface area contributed by atoms with Gasteiger partial charge in [0.15, 0.2) is 0 Å². The third-order valence-electron chi connectivity index (χ3n) is 3.44. The van der Waals surface area contributed by atoms with Gasteiger partial charge in [-0.1, -0.05) is 31.2 Å². The summed E-state index contributed by atoms with van der Waals surface area (Å²) in [7, 11) is 0. The smallest absolute Gasteiger partial charge is 0.326 e. The number of aliphatic carboxylic acids is 1. The van der Waals surface area contributed by atoms with Crippen LogP contribution >= 0.6 is 0 Å². The fourth-order valence-corrected chi connectivity index (χ4v) is 2.37. The van der Waals surface area contributed by atoms with E-state index in [-0.39, 0.29) is 11.8 Å². The Bertz CT molecular complexity index is 445. The number of fused-ring (bicyclic) bond motifs is 1. The van der Waals surface area contributed by atoms with Crippen LogP contribution in [0.4, 0.5) is 0 Å². The molecule has 0 heterocycles. The highest BCUT2D eigenvalue weighted by molar-refractivity contribution is 5.85. The van der Waals surface area contributed by atoms with Crippen molar-refractivity contribution in [3.8, 4) is 0 Å². The molecule has 1 amide bonds. The Labute approximate surface area is 106 Å². The van der Waals surface area contributed by atoms with Gasteiger partial charge in [0.1, 0.15) is 6.04 Å². The summed E-state index contributed by atoms with van der Waals surface area (Å²) in [6, 6.07) is 7.20. The van der Waals surface area contributed by atoms with Crippen LogP contribution in [0.3, 0.4) is 0 Å². The summed E-state index contributed by atoms with van der Waals surface area (Å²) in [5.74, 6) is -1.25. The molecule has 0 aliphatic heterocycles. The van der Waals surface area contributed by atoms with E-state index in [2.05, 4.69) is 5.32 Å². The highest BCUT2D eigenvalue weighted by atomic mass is 16.4. The van der Waals surface area contributed by atoms with E-state index in [0.717, 1.165) is 0 Å². The Balaban J connectivity index is 1.99. The van der Waals surface area contributed by atoms with Crippen LogP contribution in [0.25, 0.3) is 0 Å². The number of carbonyl (C=O) groups excluding carboxylic acids is 1. The van der Waals surface area contributed by atoms with Gasteiger partial charge in [-0.05, 0) is 30.4 Å². The third kappa shape index (κ3) is 2.53. The molecule has 1 aliphatic rings. The summed E-state index contributed by atoms with van der Waals surface area (Å²) in [5.41, 5.74) is 2.39. The van der Waals surface area contributed by atoms with E-state index in [1.54, 1.807) is 6.92 Å². The molecular formula is C14H17NO3. The summed E-state index contributed by atoms with van der Waals surface area (Å²) in [4.78, 5) is 22.9. The highest BCUT2D eigenvalue weighted by Gasteiger charge is 2.29. The van der Waals surface area contributed by atoms with Gasteiger partial charge in [-0.15, -0.1) is 0 Å². The van der Waals surface area contributed by atoms with Crippen molar-refractivity contribution in [2.45, 2.75) is 32.2 Å². The molecule has 1 aliphatic carbocycles. The number of hydrogen-bond donors (Lipinski definition) is 2. The second-order valence-electron chi connectivity index (χ2n) is 4.68. The van der Waals surface area contributed by atoms with Gasteiger partial charge >= 0.3 is 5.97 Å². The largest absolute Gasteiger partial charge is 0.480 e. The van der Waals surface area contributed by atoms with Crippen molar-refractivity contribution in [3.05, 3.63) is 35.4 Å². The molecule has 0 saturated heterocycles. The quantitative estimate of drug-likeness (QED) is 0.844. The molecule has 1 aromatic rings. The molecule has 4 nitrogen and oxygen atoms in total. The minimum absolute atomic E-state index is 0.129. The van der Waals surface area contributed by atoms with Crippen LogP contribution < -0.4 is 5.32 Å². The lowest BCUT2D eigenvalue weighted by atomic mass is 10.0. The highest BCUT2D eigenvalue weighted by Crippen LogP contribution is 2.26. The van der Waals surface area contributed by atoms with Gasteiger partial charge in [0.2, 0.25) is 5.91 Å². The van der Waals surface area contributed by atoms with Crippen molar-refractivity contribution in [1.29, 1.82) is 0 Å². The van der Waals surface area contributed by atoms with Crippen molar-refractivity contribution < 1.29 is 14.7 Å². The van der Waals surface area contributed by atoms with Crippen molar-refractivity contribution in [3.63, 3.8) is 0 Å². The van der Waals surface area contributed by atoms with E-state index < -0.39 is 12.0 Å². The zero-order chi connectivity index (χ0) is 13.1. The normalized spacial score (nSPS) is 16.1. The van der Waals surface area contributed by atoms with E-state index in [0.29, 0.717) is 19.3 Å². The molecule has 0 fully saturated rings. The van der Waals surface area contributed by atoms with Gasteiger partial charge in [-0.3, -0.25) is 4.79 Å². The average Bonchev–Trinajstić information content (AvgIpc) is 2.79. The van der Waals surface area contributed by atoms with Crippen molar-refractivity contribution in [2.24, 2.45) is 5.92 Å². The predicted molar refractivity (Wildman–Crippen MR) is 67.2 cm³/mol. The zero-order valence-electron chi connectivity index (χ0n) is 10.3. The molecule has 0 spiro atoms. The first-order chi connectivity index (χ1) is 8.61. The number of carboxylic acid groups (broad SMARTS) is 1. The van der Waals surface area contributed by atoms with Crippen molar-refractivity contribution >= 4 is 11.9 Å². The Kier molecular flexibility index (Phi) is 3.65. The van der Waals surface area contributed by atoms with E-state index in [9.17, 15) is 9.59 Å². The van der Waals surface area contributed by atoms with Crippen LogP contribution in [-0.4, -0.2) is 23.0 Å². The fraction of sp³-hybridized carbons (Fsp3) is 0.429. The second kappa shape index (κ2) is 5.21. The average molecular weight is 247 g/mol. The van der Waals surface area contributed by atoms with E-state index in [1.807, 2.05) is 24.3 Å². The summed E-state index contributed by atoms with van der Waals surface area (Å²) in [6.07, 6.45) is 1.82. The monoisotopic (exact) mass is 247 g/mol. The van der Waals surface area contributed by atoms with Crippen molar-refractivity contribution in [2.75, 3.05) is 0 Å². The van der Waals surface area contributed by atoms with Crippen LogP contribution in [0.15, 0.2) is 24.3 Å². The van der Waals surface area contributed by atoms with E-state index in [1.165, 1.54) is 11.1 Å². The summed E-state index contributed by atoms with van der Waals surface area (Å²) >= 11 is 0. The number of hydrogen-bond acceptors (Lipinski definition) is 2. The topological polar surface area (TPSA) is 66.4 Å². The third-order valence-corrected chi connectivity index (χ3v) is 3.44. The minimum Gasteiger partial charge on any atom is -0.480 e. The Morgan fingerprint density at radius 3 is 2.33 bits per heavy atom. The standard InChI is InChI=1S/C14H17NO3/c1-2-12(14(17)18)15-13(16)11-7-9-5-3-4-6-10(9)8-11/h3-6,11-12H,2,7-8H2,1H3,(H,15,16)(H,17,18). The molecule has 0 radical (unpaired) electrons. The molecule has 1 unspecified atom stereocenters. The summed E-state index contributed by atoms with van der Waals surface area (Å²) < 4.78 is 0. The second-order valence-corrected chi connectivity index (χ2v) is 4.68. The maximum absolute atomic E-state index is 12.0. The number of nitrogens with one attached hydrogen (secondary N) is 1. The lowest BCUT2D eigenvalue weighted by Gasteiger charge is -2.15. The van der Waals surface area contributed by atoms with Crippen LogP contribution in [0, 0.1) is 5.92 Å². The van der Waals surface area contributed by atoms with Gasteiger partial charge in [0.25, 0.3) is 0 Å². The van der Waals surface area contributed by atoms with Crippen LogP contribution in [-0.2, 0) is 22.4 Å². The number of benzene rings is 1. The Morgan fingerprint density at radius 2 is 1.89 bits per heavy atom. The molecule has 0 aromatic heterocycles. The van der Waals surface area contributed by atoms with Crippen molar-refractivity contribution in [1.82, 2.24) is 5.32 Å². The Morgan fingerprint density at radius 1 is 1.33 bits per heavy atom. The maximum Gasteiger partial charge on any atom is 0.326 e. The first-order valence-electron chi connectivity index (χ1n) is 6.21. The minimum atomic E-state index is -0.971. The Hall–Kier alpha value is -1.84. The molecular weight excluding hydrogens is 230 g/mol. The van der Waals surface area contributed by atoms with Gasteiger partial charge in [0.05, 0.1) is 0 Å². The fourth-order valence-electron chi connectivity index (χ4n) is 2.37. The van der Waals surface area contributed by atoms with Crippen LogP contribution in [0.1, 0.15) is 24.5 Å². The van der Waals surface area contributed by atoms with E-state index in [4.69, 9.17) is 5.11 Å². The number of amides is 1. The lowest BCUT2D eigenvalue weighted by molar-refractivity contribution is -0.142. The van der Waals surface area contributed by atoms with Crippen LogP contribution in [0.5, 0.6) is 0 Å². The summed E-state index contributed by atoms with van der Waals surface area (Å²) in [6.45, 7) is 1.75. The SMILES string of the molecule is CCC(NC(=O)C1Cc2ccccc2C1)C(=O)O. The molecule has 2 N–H and O–H groups in total. The number of carboxylic acids is 1. The molecule has 1 atom stereocenters. The lowest BCUT2D eigenvalue weighted by Crippen LogP contribution is -2.43. The van der Waals surface area contributed by atoms with Gasteiger partial charge < -0.3 is 10.4 Å². The predicted octanol–water partition coefficient (Wildman–Crippen LogP) is 1.38. The first kappa shape index (κ1) is 12.6. The van der Waals surface area contributed by atoms with Gasteiger partial charge in [-0.2, -0.15) is 0 Å². The van der Waals surface area contributed by atoms with Gasteiger partial charge in [-0.25, -0.2) is 4.79 Å². The molecule has 0 bridgehead atoms. The molecule has 0 saturated carbocycles. The number of carbonyl (C=O) groups is 2.